The van der Waals surface area contributed by atoms with E-state index in [1.54, 1.807) is 9.20 Å². The fourth-order valence-electron chi connectivity index (χ4n) is 4.06. The van der Waals surface area contributed by atoms with Crippen LogP contribution in [0.5, 0.6) is 0 Å². The number of nitrogens with one attached hydrogen (secondary N) is 2. The summed E-state index contributed by atoms with van der Waals surface area (Å²) < 4.78 is 3.45. The third-order valence-corrected chi connectivity index (χ3v) is 5.73. The summed E-state index contributed by atoms with van der Waals surface area (Å²) in [5.41, 5.74) is 2.59. The van der Waals surface area contributed by atoms with Crippen LogP contribution in [-0.2, 0) is 11.3 Å². The number of carbonyl (C=O) groups is 1. The Kier molecular flexibility index (Phi) is 5.26. The highest BCUT2D eigenvalue weighted by Gasteiger charge is 2.27. The summed E-state index contributed by atoms with van der Waals surface area (Å²) in [7, 11) is 0. The van der Waals surface area contributed by atoms with Crippen molar-refractivity contribution in [2.45, 2.75) is 38.3 Å². The van der Waals surface area contributed by atoms with Crippen LogP contribution in [0.4, 0.5) is 5.95 Å². The molecule has 0 radical (unpaired) electrons. The summed E-state index contributed by atoms with van der Waals surface area (Å²) in [5, 5.41) is 22.7. The molecule has 31 heavy (non-hydrogen) atoms. The summed E-state index contributed by atoms with van der Waals surface area (Å²) in [4.78, 5) is 16.9. The van der Waals surface area contributed by atoms with Crippen LogP contribution in [0, 0.1) is 5.92 Å². The van der Waals surface area contributed by atoms with Crippen LogP contribution >= 0.6 is 0 Å². The van der Waals surface area contributed by atoms with E-state index < -0.39 is 0 Å². The van der Waals surface area contributed by atoms with Gasteiger partial charge in [0.05, 0.1) is 17.9 Å². The zero-order valence-electron chi connectivity index (χ0n) is 16.9. The van der Waals surface area contributed by atoms with Gasteiger partial charge in [-0.1, -0.05) is 29.4 Å². The second kappa shape index (κ2) is 8.50. The first-order chi connectivity index (χ1) is 15.3. The molecule has 1 saturated carbocycles. The fourth-order valence-corrected chi connectivity index (χ4v) is 4.06. The molecule has 3 aromatic heterocycles. The van der Waals surface area contributed by atoms with Crippen LogP contribution in [0.3, 0.4) is 0 Å². The third-order valence-electron chi connectivity index (χ3n) is 5.73. The topological polar surface area (TPSA) is 115 Å². The molecule has 1 aliphatic carbocycles. The number of para-hydroxylation sites is 1. The molecule has 1 aliphatic rings. The largest absolute Gasteiger partial charge is 0.350 e. The maximum atomic E-state index is 12.7. The zero-order chi connectivity index (χ0) is 21.0. The molecular formula is C21H23N9O. The second-order valence-corrected chi connectivity index (χ2v) is 7.71. The van der Waals surface area contributed by atoms with Crippen molar-refractivity contribution in [2.24, 2.45) is 5.92 Å². The van der Waals surface area contributed by atoms with E-state index in [2.05, 4.69) is 36.2 Å². The monoisotopic (exact) mass is 417 g/mol. The van der Waals surface area contributed by atoms with Gasteiger partial charge in [0.1, 0.15) is 6.33 Å². The Morgan fingerprint density at radius 1 is 1.03 bits per heavy atom. The van der Waals surface area contributed by atoms with E-state index >= 15 is 0 Å². The first-order valence-electron chi connectivity index (χ1n) is 10.4. The van der Waals surface area contributed by atoms with Gasteiger partial charge in [-0.2, -0.15) is 9.78 Å². The van der Waals surface area contributed by atoms with E-state index in [-0.39, 0.29) is 17.9 Å². The Hall–Kier alpha value is -3.82. The molecular weight excluding hydrogens is 394 g/mol. The normalized spacial score (nSPS) is 18.7. The van der Waals surface area contributed by atoms with Crippen molar-refractivity contribution in [3.05, 3.63) is 60.6 Å². The van der Waals surface area contributed by atoms with Gasteiger partial charge in [0.15, 0.2) is 5.65 Å². The number of hydrogen-bond donors (Lipinski definition) is 2. The first-order valence-corrected chi connectivity index (χ1v) is 10.4. The third kappa shape index (κ3) is 4.09. The highest BCUT2D eigenvalue weighted by atomic mass is 16.1. The van der Waals surface area contributed by atoms with Crippen LogP contribution in [0.1, 0.15) is 31.4 Å². The van der Waals surface area contributed by atoms with Crippen molar-refractivity contribution in [1.29, 1.82) is 0 Å². The van der Waals surface area contributed by atoms with E-state index in [9.17, 15) is 4.79 Å². The fraction of sp³-hybridized carbons (Fsp3) is 0.333. The van der Waals surface area contributed by atoms with Gasteiger partial charge in [-0.25, -0.2) is 9.50 Å². The van der Waals surface area contributed by atoms with Crippen LogP contribution in [-0.4, -0.2) is 46.8 Å². The van der Waals surface area contributed by atoms with Crippen LogP contribution < -0.4 is 10.6 Å². The lowest BCUT2D eigenvalue weighted by Gasteiger charge is -2.28. The minimum Gasteiger partial charge on any atom is -0.350 e. The van der Waals surface area contributed by atoms with Gasteiger partial charge in [0.2, 0.25) is 11.9 Å². The Bertz CT molecular complexity index is 1160. The van der Waals surface area contributed by atoms with Crippen molar-refractivity contribution in [2.75, 3.05) is 5.32 Å². The molecule has 1 amide bonds. The molecule has 10 nitrogen and oxygen atoms in total. The average Bonchev–Trinajstić information content (AvgIpc) is 3.48. The van der Waals surface area contributed by atoms with E-state index in [4.69, 9.17) is 0 Å². The minimum atomic E-state index is 0.0121. The molecule has 158 valence electrons. The Morgan fingerprint density at radius 2 is 1.87 bits per heavy atom. The van der Waals surface area contributed by atoms with Gasteiger partial charge in [-0.05, 0) is 60.4 Å². The predicted octanol–water partition coefficient (Wildman–Crippen LogP) is 1.99. The number of benzene rings is 1. The van der Waals surface area contributed by atoms with Gasteiger partial charge in [-0.3, -0.25) is 4.79 Å². The van der Waals surface area contributed by atoms with Crippen LogP contribution in [0.15, 0.2) is 54.9 Å². The van der Waals surface area contributed by atoms with E-state index in [1.807, 2.05) is 48.5 Å². The van der Waals surface area contributed by atoms with Crippen molar-refractivity contribution in [3.8, 4) is 5.69 Å². The number of nitrogens with zero attached hydrogens (tertiary/aromatic N) is 7. The van der Waals surface area contributed by atoms with E-state index in [0.29, 0.717) is 12.5 Å². The van der Waals surface area contributed by atoms with Gasteiger partial charge < -0.3 is 10.6 Å². The molecule has 10 heteroatoms. The Labute approximate surface area is 178 Å². The molecule has 0 spiro atoms. The lowest BCUT2D eigenvalue weighted by molar-refractivity contribution is -0.126. The molecule has 4 aromatic rings. The quantitative estimate of drug-likeness (QED) is 0.493. The smallest absolute Gasteiger partial charge is 0.247 e. The lowest BCUT2D eigenvalue weighted by atomic mass is 9.85. The molecule has 1 fully saturated rings. The SMILES string of the molecule is O=C(NCc1cccc2ncnn12)C1CCC(Nc2nnnn2-c2ccccc2)CC1. The predicted molar refractivity (Wildman–Crippen MR) is 113 cm³/mol. The average molecular weight is 417 g/mol. The second-order valence-electron chi connectivity index (χ2n) is 7.71. The minimum absolute atomic E-state index is 0.0121. The maximum Gasteiger partial charge on any atom is 0.247 e. The Morgan fingerprint density at radius 3 is 2.71 bits per heavy atom. The molecule has 2 N–H and O–H groups in total. The maximum absolute atomic E-state index is 12.7. The summed E-state index contributed by atoms with van der Waals surface area (Å²) >= 11 is 0. The number of amides is 1. The van der Waals surface area contributed by atoms with Gasteiger partial charge in [0.25, 0.3) is 0 Å². The molecule has 0 atom stereocenters. The van der Waals surface area contributed by atoms with Crippen molar-refractivity contribution in [3.63, 3.8) is 0 Å². The van der Waals surface area contributed by atoms with Gasteiger partial charge >= 0.3 is 0 Å². The number of pyridine rings is 1. The molecule has 1 aromatic carbocycles. The summed E-state index contributed by atoms with van der Waals surface area (Å²) in [6, 6.07) is 15.8. The van der Waals surface area contributed by atoms with Gasteiger partial charge in [-0.15, -0.1) is 0 Å². The number of aromatic nitrogens is 7. The number of hydrogen-bond acceptors (Lipinski definition) is 7. The van der Waals surface area contributed by atoms with Crippen molar-refractivity contribution < 1.29 is 4.79 Å². The standard InChI is InChI=1S/C21H23N9O/c31-20(22-13-18-7-4-8-19-23-14-24-29(18)19)15-9-11-16(12-10-15)25-21-26-27-28-30(21)17-5-2-1-3-6-17/h1-8,14-16H,9-13H2,(H,22,31)(H,25,26,28). The number of carbonyl (C=O) groups excluding carboxylic acids is 1. The van der Waals surface area contributed by atoms with Gasteiger partial charge in [0, 0.05) is 12.0 Å². The number of rotatable bonds is 6. The van der Waals surface area contributed by atoms with Crippen LogP contribution in [0.25, 0.3) is 11.3 Å². The number of tetrazole rings is 1. The molecule has 0 bridgehead atoms. The zero-order valence-corrected chi connectivity index (χ0v) is 16.9. The highest BCUT2D eigenvalue weighted by Crippen LogP contribution is 2.27. The molecule has 0 saturated heterocycles. The Balaban J connectivity index is 1.15. The lowest BCUT2D eigenvalue weighted by Crippen LogP contribution is -2.36. The molecule has 0 unspecified atom stereocenters. The van der Waals surface area contributed by atoms with Crippen molar-refractivity contribution >= 4 is 17.5 Å². The van der Waals surface area contributed by atoms with Crippen LogP contribution in [0.2, 0.25) is 0 Å². The van der Waals surface area contributed by atoms with E-state index in [1.165, 1.54) is 6.33 Å². The summed E-state index contributed by atoms with van der Waals surface area (Å²) in [6.07, 6.45) is 4.94. The van der Waals surface area contributed by atoms with Crippen molar-refractivity contribution in [1.82, 2.24) is 40.1 Å². The summed E-state index contributed by atoms with van der Waals surface area (Å²) in [5.74, 6) is 0.725. The molecule has 3 heterocycles. The number of fused-ring (bicyclic) bond motifs is 1. The highest BCUT2D eigenvalue weighted by molar-refractivity contribution is 5.78. The van der Waals surface area contributed by atoms with E-state index in [0.717, 1.165) is 42.7 Å². The number of anilines is 1. The molecule has 5 rings (SSSR count). The first kappa shape index (κ1) is 19.2. The summed E-state index contributed by atoms with van der Waals surface area (Å²) in [6.45, 7) is 0.434. The molecule has 0 aliphatic heterocycles.